The molecule has 2 aliphatic rings. The highest BCUT2D eigenvalue weighted by molar-refractivity contribution is 9.09. The third-order valence-electron chi connectivity index (χ3n) is 10.7. The number of nitrogens with one attached hydrogen (secondary N) is 1. The average molecular weight is 860 g/mol. The SMILES string of the molecule is CCCCCCCCOc1cccc(C2CCCN(CCCC(=O)O)C2)c1.CCCCCCCCOc1cccc(C2CCCNC2)c1.CCOC(=O)CCCBr. The maximum Gasteiger partial charge on any atom is 0.305 e. The molecule has 2 fully saturated rings. The number of likely N-dealkylation sites (tertiary alicyclic amines) is 1. The van der Waals surface area contributed by atoms with E-state index in [0.29, 0.717) is 24.9 Å². The van der Waals surface area contributed by atoms with Crippen LogP contribution in [0.2, 0.25) is 0 Å². The van der Waals surface area contributed by atoms with Crippen LogP contribution >= 0.6 is 15.9 Å². The average Bonchev–Trinajstić information content (AvgIpc) is 3.23. The van der Waals surface area contributed by atoms with E-state index in [4.69, 9.17) is 14.6 Å². The number of aliphatic carboxylic acids is 1. The molecule has 2 aromatic carbocycles. The van der Waals surface area contributed by atoms with E-state index in [2.05, 4.69) is 93.3 Å². The van der Waals surface area contributed by atoms with Crippen molar-refractivity contribution in [2.75, 3.05) is 57.9 Å². The number of esters is 1. The van der Waals surface area contributed by atoms with E-state index in [1.54, 1.807) is 0 Å². The van der Waals surface area contributed by atoms with Gasteiger partial charge < -0.3 is 29.5 Å². The molecule has 2 unspecified atom stereocenters. The first kappa shape index (κ1) is 50.5. The van der Waals surface area contributed by atoms with Crippen molar-refractivity contribution in [1.29, 1.82) is 0 Å². The molecule has 2 aromatic rings. The van der Waals surface area contributed by atoms with Crippen molar-refractivity contribution in [2.45, 2.75) is 161 Å². The van der Waals surface area contributed by atoms with E-state index < -0.39 is 5.97 Å². The van der Waals surface area contributed by atoms with Crippen LogP contribution < -0.4 is 14.8 Å². The zero-order chi connectivity index (χ0) is 41.2. The number of benzene rings is 2. The number of piperidine rings is 2. The predicted molar refractivity (Wildman–Crippen MR) is 240 cm³/mol. The van der Waals surface area contributed by atoms with Crippen molar-refractivity contribution < 1.29 is 28.9 Å². The fraction of sp³-hybridized carbons (Fsp3) is 0.708. The summed E-state index contributed by atoms with van der Waals surface area (Å²) in [5.74, 6) is 2.43. The van der Waals surface area contributed by atoms with Crippen LogP contribution in [0.3, 0.4) is 0 Å². The lowest BCUT2D eigenvalue weighted by Crippen LogP contribution is -2.35. The Hall–Kier alpha value is -2.62. The van der Waals surface area contributed by atoms with Gasteiger partial charge in [0.05, 0.1) is 19.8 Å². The Morgan fingerprint density at radius 1 is 0.737 bits per heavy atom. The monoisotopic (exact) mass is 859 g/mol. The number of carbonyl (C=O) groups excluding carboxylic acids is 1. The molecule has 0 aromatic heterocycles. The number of rotatable bonds is 26. The number of halogens is 1. The van der Waals surface area contributed by atoms with Crippen LogP contribution in [0.5, 0.6) is 11.5 Å². The Bertz CT molecular complexity index is 1290. The maximum atomic E-state index is 10.7. The highest BCUT2D eigenvalue weighted by atomic mass is 79.9. The number of alkyl halides is 1. The van der Waals surface area contributed by atoms with Crippen molar-refractivity contribution >= 4 is 27.9 Å². The predicted octanol–water partition coefficient (Wildman–Crippen LogP) is 12.1. The molecule has 2 aliphatic heterocycles. The van der Waals surface area contributed by atoms with Crippen LogP contribution in [0.1, 0.15) is 172 Å². The van der Waals surface area contributed by atoms with Gasteiger partial charge in [0, 0.05) is 31.3 Å². The highest BCUT2D eigenvalue weighted by Crippen LogP contribution is 2.30. The summed E-state index contributed by atoms with van der Waals surface area (Å²) in [4.78, 5) is 23.7. The third kappa shape index (κ3) is 25.5. The first-order chi connectivity index (χ1) is 27.9. The first-order valence-electron chi connectivity index (χ1n) is 22.7. The molecule has 2 saturated heterocycles. The number of carboxylic acid groups (broad SMARTS) is 1. The van der Waals surface area contributed by atoms with Gasteiger partial charge in [0.15, 0.2) is 0 Å². The molecule has 324 valence electrons. The largest absolute Gasteiger partial charge is 0.494 e. The molecule has 8 nitrogen and oxygen atoms in total. The van der Waals surface area contributed by atoms with Gasteiger partial charge in [0.25, 0.3) is 0 Å². The van der Waals surface area contributed by atoms with Crippen LogP contribution in [0.15, 0.2) is 48.5 Å². The second-order valence-corrected chi connectivity index (χ2v) is 16.4. The van der Waals surface area contributed by atoms with E-state index in [1.807, 2.05) is 6.92 Å². The van der Waals surface area contributed by atoms with Crippen LogP contribution in [-0.2, 0) is 14.3 Å². The molecule has 9 heteroatoms. The number of unbranched alkanes of at least 4 members (excludes halogenated alkanes) is 10. The summed E-state index contributed by atoms with van der Waals surface area (Å²) in [6.45, 7) is 13.8. The molecule has 0 aliphatic carbocycles. The molecule has 4 rings (SSSR count). The van der Waals surface area contributed by atoms with Gasteiger partial charge in [-0.25, -0.2) is 0 Å². The molecule has 0 bridgehead atoms. The number of carbonyl (C=O) groups is 2. The Kier molecular flexibility index (Phi) is 30.4. The summed E-state index contributed by atoms with van der Waals surface area (Å²) in [5.41, 5.74) is 2.79. The molecular formula is C48H79BrN2O6. The fourth-order valence-corrected chi connectivity index (χ4v) is 7.71. The van der Waals surface area contributed by atoms with E-state index in [-0.39, 0.29) is 12.4 Å². The van der Waals surface area contributed by atoms with Crippen LogP contribution in [0.25, 0.3) is 0 Å². The lowest BCUT2D eigenvalue weighted by atomic mass is 9.90. The minimum Gasteiger partial charge on any atom is -0.494 e. The van der Waals surface area contributed by atoms with Crippen molar-refractivity contribution in [3.63, 3.8) is 0 Å². The van der Waals surface area contributed by atoms with Gasteiger partial charge in [-0.2, -0.15) is 0 Å². The normalized spacial score (nSPS) is 16.7. The van der Waals surface area contributed by atoms with Crippen LogP contribution in [0, 0.1) is 0 Å². The van der Waals surface area contributed by atoms with Crippen molar-refractivity contribution in [2.24, 2.45) is 0 Å². The van der Waals surface area contributed by atoms with E-state index in [1.165, 1.54) is 114 Å². The second-order valence-electron chi connectivity index (χ2n) is 15.7. The molecule has 57 heavy (non-hydrogen) atoms. The van der Waals surface area contributed by atoms with Crippen molar-refractivity contribution in [3.05, 3.63) is 59.7 Å². The zero-order valence-corrected chi connectivity index (χ0v) is 37.7. The first-order valence-corrected chi connectivity index (χ1v) is 23.8. The molecule has 0 amide bonds. The summed E-state index contributed by atoms with van der Waals surface area (Å²) >= 11 is 3.22. The van der Waals surface area contributed by atoms with Gasteiger partial charge in [-0.15, -0.1) is 0 Å². The Balaban J connectivity index is 0.000000331. The summed E-state index contributed by atoms with van der Waals surface area (Å²) < 4.78 is 16.6. The minimum absolute atomic E-state index is 0.100. The third-order valence-corrected chi connectivity index (χ3v) is 11.2. The van der Waals surface area contributed by atoms with Crippen molar-refractivity contribution in [3.8, 4) is 11.5 Å². The van der Waals surface area contributed by atoms with E-state index in [9.17, 15) is 9.59 Å². The molecule has 2 heterocycles. The topological polar surface area (TPSA) is 97.3 Å². The van der Waals surface area contributed by atoms with Gasteiger partial charge in [-0.3, -0.25) is 9.59 Å². The Morgan fingerprint density at radius 2 is 1.32 bits per heavy atom. The van der Waals surface area contributed by atoms with Crippen LogP contribution in [0.4, 0.5) is 0 Å². The van der Waals surface area contributed by atoms with Gasteiger partial charge in [-0.1, -0.05) is 118 Å². The lowest BCUT2D eigenvalue weighted by Gasteiger charge is -2.33. The fourth-order valence-electron chi connectivity index (χ4n) is 7.43. The van der Waals surface area contributed by atoms with Crippen molar-refractivity contribution in [1.82, 2.24) is 10.2 Å². The smallest absolute Gasteiger partial charge is 0.305 e. The second kappa shape index (κ2) is 34.3. The quantitative estimate of drug-likeness (QED) is 0.0548. The molecule has 2 N–H and O–H groups in total. The minimum atomic E-state index is -0.696. The molecule has 2 atom stereocenters. The van der Waals surface area contributed by atoms with E-state index >= 15 is 0 Å². The Labute approximate surface area is 355 Å². The summed E-state index contributed by atoms with van der Waals surface area (Å²) in [6.07, 6.45) is 23.0. The number of hydrogen-bond acceptors (Lipinski definition) is 7. The standard InChI is InChI=1S/C23H37NO3.C19H31NO.C6H11BrO2/c1-2-3-4-5-6-7-17-27-22-13-8-11-20(18-22)21-12-9-15-24(19-21)16-10-14-23(25)26;1-2-3-4-5-6-7-14-21-19-12-8-10-17(15-19)18-11-9-13-20-16-18;1-2-9-6(8)4-3-5-7/h8,11,13,18,21H,2-7,9-10,12,14-17,19H2,1H3,(H,25,26);8,10,12,15,18,20H,2-7,9,11,13-14,16H2,1H3;2-5H2,1H3. The molecule has 0 spiro atoms. The van der Waals surface area contributed by atoms with Gasteiger partial charge in [0.1, 0.15) is 11.5 Å². The van der Waals surface area contributed by atoms with Gasteiger partial charge in [-0.05, 0) is 125 Å². The summed E-state index contributed by atoms with van der Waals surface area (Å²) in [6, 6.07) is 17.3. The summed E-state index contributed by atoms with van der Waals surface area (Å²) in [5, 5.41) is 13.2. The lowest BCUT2D eigenvalue weighted by molar-refractivity contribution is -0.143. The molecule has 0 saturated carbocycles. The Morgan fingerprint density at radius 3 is 1.86 bits per heavy atom. The zero-order valence-electron chi connectivity index (χ0n) is 36.1. The highest BCUT2D eigenvalue weighted by Gasteiger charge is 2.21. The number of hydrogen-bond donors (Lipinski definition) is 2. The van der Waals surface area contributed by atoms with E-state index in [0.717, 1.165) is 75.5 Å². The molecular weight excluding hydrogens is 780 g/mol. The summed E-state index contributed by atoms with van der Waals surface area (Å²) in [7, 11) is 0. The number of ether oxygens (including phenoxy) is 3. The van der Waals surface area contributed by atoms with Crippen LogP contribution in [-0.4, -0.2) is 79.8 Å². The molecule has 0 radical (unpaired) electrons. The maximum absolute atomic E-state index is 10.7. The number of carboxylic acids is 1. The number of nitrogens with zero attached hydrogens (tertiary/aromatic N) is 1. The van der Waals surface area contributed by atoms with Gasteiger partial charge >= 0.3 is 11.9 Å². The van der Waals surface area contributed by atoms with Gasteiger partial charge in [0.2, 0.25) is 0 Å².